The molecule has 3 aromatic carbocycles. The molecule has 0 aromatic heterocycles. The van der Waals surface area contributed by atoms with E-state index < -0.39 is 18.0 Å². The minimum absolute atomic E-state index is 0.00775. The second kappa shape index (κ2) is 12.6. The van der Waals surface area contributed by atoms with Gasteiger partial charge in [0.25, 0.3) is 0 Å². The summed E-state index contributed by atoms with van der Waals surface area (Å²) in [5.41, 5.74) is 0.645. The maximum absolute atomic E-state index is 12.6. The van der Waals surface area contributed by atoms with Crippen molar-refractivity contribution in [2.24, 2.45) is 0 Å². The molecular formula is C25H21Cl2NO6. The Labute approximate surface area is 206 Å². The SMILES string of the molecule is O=C(Oc1cc(OC(=O)c2ccccc2)cc(OC(=O)N(CCCl)CCCl)c1)c1ccccc1. The smallest absolute Gasteiger partial charge is 0.415 e. The zero-order chi connectivity index (χ0) is 24.3. The summed E-state index contributed by atoms with van der Waals surface area (Å²) < 4.78 is 16.3. The molecule has 0 aliphatic carbocycles. The summed E-state index contributed by atoms with van der Waals surface area (Å²) in [5, 5.41) is 0. The largest absolute Gasteiger partial charge is 0.423 e. The molecule has 0 atom stereocenters. The minimum atomic E-state index is -0.701. The molecule has 9 heteroatoms. The Balaban J connectivity index is 1.86. The van der Waals surface area contributed by atoms with E-state index in [0.29, 0.717) is 11.1 Å². The molecule has 0 saturated heterocycles. The van der Waals surface area contributed by atoms with Gasteiger partial charge in [-0.2, -0.15) is 0 Å². The van der Waals surface area contributed by atoms with E-state index in [4.69, 9.17) is 37.4 Å². The second-order valence-corrected chi connectivity index (χ2v) is 7.64. The van der Waals surface area contributed by atoms with Gasteiger partial charge in [-0.15, -0.1) is 23.2 Å². The van der Waals surface area contributed by atoms with Gasteiger partial charge in [-0.25, -0.2) is 14.4 Å². The molecule has 34 heavy (non-hydrogen) atoms. The summed E-state index contributed by atoms with van der Waals surface area (Å²) in [4.78, 5) is 38.9. The number of alkyl halides is 2. The van der Waals surface area contributed by atoms with Gasteiger partial charge in [0.15, 0.2) is 0 Å². The van der Waals surface area contributed by atoms with Gasteiger partial charge < -0.3 is 19.1 Å². The maximum atomic E-state index is 12.6. The Bertz CT molecular complexity index is 1050. The number of hydrogen-bond donors (Lipinski definition) is 0. The van der Waals surface area contributed by atoms with E-state index in [0.717, 1.165) is 0 Å². The lowest BCUT2D eigenvalue weighted by Crippen LogP contribution is -2.36. The highest BCUT2D eigenvalue weighted by Crippen LogP contribution is 2.29. The van der Waals surface area contributed by atoms with Gasteiger partial charge >= 0.3 is 18.0 Å². The van der Waals surface area contributed by atoms with Gasteiger partial charge in [-0.1, -0.05) is 36.4 Å². The van der Waals surface area contributed by atoms with Crippen LogP contribution in [0.4, 0.5) is 4.79 Å². The van der Waals surface area contributed by atoms with Gasteiger partial charge in [0, 0.05) is 43.0 Å². The van der Waals surface area contributed by atoms with Crippen molar-refractivity contribution in [3.63, 3.8) is 0 Å². The van der Waals surface area contributed by atoms with Crippen molar-refractivity contribution < 1.29 is 28.6 Å². The number of carbonyl (C=O) groups is 3. The average Bonchev–Trinajstić information content (AvgIpc) is 2.84. The summed E-state index contributed by atoms with van der Waals surface area (Å²) in [6.07, 6.45) is -0.701. The van der Waals surface area contributed by atoms with Crippen LogP contribution in [0, 0.1) is 0 Å². The van der Waals surface area contributed by atoms with Crippen molar-refractivity contribution >= 4 is 41.2 Å². The van der Waals surface area contributed by atoms with E-state index in [2.05, 4.69) is 0 Å². The Hall–Kier alpha value is -3.55. The fourth-order valence-electron chi connectivity index (χ4n) is 2.87. The van der Waals surface area contributed by atoms with Crippen LogP contribution < -0.4 is 14.2 Å². The van der Waals surface area contributed by atoms with E-state index in [1.807, 2.05) is 0 Å². The topological polar surface area (TPSA) is 82.1 Å². The van der Waals surface area contributed by atoms with Crippen LogP contribution in [0.1, 0.15) is 20.7 Å². The van der Waals surface area contributed by atoms with Crippen molar-refractivity contribution in [1.29, 1.82) is 0 Å². The first-order valence-electron chi connectivity index (χ1n) is 10.3. The quantitative estimate of drug-likeness (QED) is 0.221. The number of esters is 2. The maximum Gasteiger partial charge on any atom is 0.415 e. The number of halogens is 2. The lowest BCUT2D eigenvalue weighted by atomic mass is 10.2. The summed E-state index contributed by atoms with van der Waals surface area (Å²) >= 11 is 11.5. The summed E-state index contributed by atoms with van der Waals surface area (Å²) in [5.74, 6) is -0.812. The fourth-order valence-corrected chi connectivity index (χ4v) is 3.27. The molecule has 7 nitrogen and oxygen atoms in total. The van der Waals surface area contributed by atoms with Crippen molar-refractivity contribution in [3.8, 4) is 17.2 Å². The van der Waals surface area contributed by atoms with Crippen LogP contribution in [0.15, 0.2) is 78.9 Å². The van der Waals surface area contributed by atoms with Crippen LogP contribution in [0.3, 0.4) is 0 Å². The number of hydrogen-bond acceptors (Lipinski definition) is 6. The number of amides is 1. The molecule has 0 N–H and O–H groups in total. The standard InChI is InChI=1S/C25H21Cl2NO6/c26-11-13-28(14-12-27)25(31)34-22-16-20(32-23(29)18-7-3-1-4-8-18)15-21(17-22)33-24(30)19-9-5-2-6-10-19/h1-10,15-17H,11-14H2. The molecule has 0 heterocycles. The molecule has 0 saturated carbocycles. The van der Waals surface area contributed by atoms with Crippen molar-refractivity contribution in [2.75, 3.05) is 24.8 Å². The van der Waals surface area contributed by atoms with Gasteiger partial charge in [-0.3, -0.25) is 0 Å². The number of carbonyl (C=O) groups excluding carboxylic acids is 3. The lowest BCUT2D eigenvalue weighted by molar-refractivity contribution is 0.0732. The number of benzene rings is 3. The van der Waals surface area contributed by atoms with Crippen LogP contribution in [0.5, 0.6) is 17.2 Å². The van der Waals surface area contributed by atoms with Crippen molar-refractivity contribution in [3.05, 3.63) is 90.0 Å². The lowest BCUT2D eigenvalue weighted by Gasteiger charge is -2.20. The van der Waals surface area contributed by atoms with E-state index in [1.54, 1.807) is 60.7 Å². The van der Waals surface area contributed by atoms with E-state index >= 15 is 0 Å². The van der Waals surface area contributed by atoms with Crippen molar-refractivity contribution in [1.82, 2.24) is 4.90 Å². The van der Waals surface area contributed by atoms with Gasteiger partial charge in [0.1, 0.15) is 17.2 Å². The Kier molecular flexibility index (Phi) is 9.31. The molecule has 0 aliphatic heterocycles. The van der Waals surface area contributed by atoms with Gasteiger partial charge in [0.2, 0.25) is 0 Å². The Morgan fingerprint density at radius 1 is 0.618 bits per heavy atom. The van der Waals surface area contributed by atoms with Crippen LogP contribution in [-0.2, 0) is 0 Å². The summed E-state index contributed by atoms with van der Waals surface area (Å²) in [6, 6.07) is 20.8. The van der Waals surface area contributed by atoms with Crippen LogP contribution >= 0.6 is 23.2 Å². The molecule has 3 aromatic rings. The van der Waals surface area contributed by atoms with Gasteiger partial charge in [-0.05, 0) is 24.3 Å². The highest BCUT2D eigenvalue weighted by Gasteiger charge is 2.18. The molecule has 0 bridgehead atoms. The first-order valence-corrected chi connectivity index (χ1v) is 11.4. The molecule has 1 amide bonds. The predicted molar refractivity (Wildman–Crippen MR) is 128 cm³/mol. The van der Waals surface area contributed by atoms with Crippen molar-refractivity contribution in [2.45, 2.75) is 0 Å². The number of ether oxygens (including phenoxy) is 3. The van der Waals surface area contributed by atoms with Crippen LogP contribution in [-0.4, -0.2) is 47.8 Å². The van der Waals surface area contributed by atoms with E-state index in [9.17, 15) is 14.4 Å². The predicted octanol–water partition coefficient (Wildman–Crippen LogP) is 5.40. The molecule has 0 radical (unpaired) electrons. The average molecular weight is 502 g/mol. The third-order valence-corrected chi connectivity index (χ3v) is 4.80. The first-order chi connectivity index (χ1) is 16.5. The number of rotatable bonds is 9. The number of nitrogens with zero attached hydrogens (tertiary/aromatic N) is 1. The third-order valence-electron chi connectivity index (χ3n) is 4.47. The highest BCUT2D eigenvalue weighted by atomic mass is 35.5. The molecule has 3 rings (SSSR count). The summed E-state index contributed by atoms with van der Waals surface area (Å²) in [6.45, 7) is 0.456. The second-order valence-electron chi connectivity index (χ2n) is 6.88. The van der Waals surface area contributed by atoms with Gasteiger partial charge in [0.05, 0.1) is 11.1 Å². The fraction of sp³-hybridized carbons (Fsp3) is 0.160. The molecule has 0 aliphatic rings. The van der Waals surface area contributed by atoms with E-state index in [-0.39, 0.29) is 42.1 Å². The third kappa shape index (κ3) is 7.23. The molecule has 0 unspecified atom stereocenters. The zero-order valence-electron chi connectivity index (χ0n) is 18.0. The Morgan fingerprint density at radius 3 is 1.38 bits per heavy atom. The molecule has 176 valence electrons. The molecule has 0 fully saturated rings. The monoisotopic (exact) mass is 501 g/mol. The molecule has 0 spiro atoms. The van der Waals surface area contributed by atoms with Crippen LogP contribution in [0.2, 0.25) is 0 Å². The zero-order valence-corrected chi connectivity index (χ0v) is 19.5. The minimum Gasteiger partial charge on any atom is -0.423 e. The van der Waals surface area contributed by atoms with Crippen LogP contribution in [0.25, 0.3) is 0 Å². The summed E-state index contributed by atoms with van der Waals surface area (Å²) in [7, 11) is 0. The normalized spacial score (nSPS) is 10.3. The first kappa shape index (κ1) is 25.1. The molecular weight excluding hydrogens is 481 g/mol. The highest BCUT2D eigenvalue weighted by molar-refractivity contribution is 6.18. The van der Waals surface area contributed by atoms with E-state index in [1.165, 1.54) is 23.1 Å². The Morgan fingerprint density at radius 2 is 1.00 bits per heavy atom.